The van der Waals surface area contributed by atoms with Crippen LogP contribution in [0.4, 0.5) is 0 Å². The first kappa shape index (κ1) is 13.1. The van der Waals surface area contributed by atoms with Gasteiger partial charge in [0.25, 0.3) is 0 Å². The molecule has 1 nitrogen and oxygen atoms in total. The third kappa shape index (κ3) is 8.38. The minimum absolute atomic E-state index is 0.616. The Bertz CT molecular complexity index is 125. The minimum atomic E-state index is 0.616. The largest absolute Gasteiger partial charge is 0.311 e. The second-order valence-corrected chi connectivity index (χ2v) is 4.81. The van der Waals surface area contributed by atoms with Gasteiger partial charge in [0.15, 0.2) is 0 Å². The number of nitrogens with one attached hydrogen (secondary N) is 1. The van der Waals surface area contributed by atoms with Crippen LogP contribution >= 0.6 is 11.8 Å². The highest BCUT2D eigenvalue weighted by molar-refractivity contribution is 7.99. The lowest BCUT2D eigenvalue weighted by molar-refractivity contribution is 0.472. The highest BCUT2D eigenvalue weighted by Crippen LogP contribution is 2.04. The summed E-state index contributed by atoms with van der Waals surface area (Å²) in [5.74, 6) is 2.43. The van der Waals surface area contributed by atoms with Crippen LogP contribution in [0, 0.1) is 0 Å². The van der Waals surface area contributed by atoms with E-state index >= 15 is 0 Å². The number of thioether (sulfide) groups is 1. The van der Waals surface area contributed by atoms with Crippen LogP contribution in [0.3, 0.4) is 0 Å². The summed E-state index contributed by atoms with van der Waals surface area (Å²) < 4.78 is 0. The zero-order valence-electron chi connectivity index (χ0n) is 9.18. The third-order valence-corrected chi connectivity index (χ3v) is 3.09. The molecule has 0 amide bonds. The second kappa shape index (κ2) is 8.64. The molecule has 0 rings (SSSR count). The molecule has 0 aliphatic heterocycles. The topological polar surface area (TPSA) is 12.0 Å². The maximum atomic E-state index is 3.73. The monoisotopic (exact) mass is 201 g/mol. The van der Waals surface area contributed by atoms with Crippen LogP contribution in [0.25, 0.3) is 0 Å². The molecular formula is C11H23NS. The molecule has 0 heterocycles. The van der Waals surface area contributed by atoms with Crippen LogP contribution in [-0.4, -0.2) is 23.6 Å². The molecule has 0 aliphatic carbocycles. The van der Waals surface area contributed by atoms with Crippen LogP contribution in [0.2, 0.25) is 0 Å². The van der Waals surface area contributed by atoms with Gasteiger partial charge in [-0.05, 0) is 32.4 Å². The molecule has 78 valence electrons. The molecule has 0 aliphatic rings. The summed E-state index contributed by atoms with van der Waals surface area (Å²) in [5, 5.41) is 3.58. The van der Waals surface area contributed by atoms with Crippen molar-refractivity contribution in [3.63, 3.8) is 0 Å². The lowest BCUT2D eigenvalue weighted by atomic mass is 10.1. The Morgan fingerprint density at radius 2 is 2.08 bits per heavy atom. The molecule has 1 N–H and O–H groups in total. The van der Waals surface area contributed by atoms with E-state index in [0.717, 1.165) is 6.42 Å². The fourth-order valence-corrected chi connectivity index (χ4v) is 1.97. The summed E-state index contributed by atoms with van der Waals surface area (Å²) in [6.45, 7) is 10.4. The molecular weight excluding hydrogens is 178 g/mol. The number of allylic oxidation sites excluding steroid dienone is 1. The van der Waals surface area contributed by atoms with Crippen molar-refractivity contribution >= 4 is 11.8 Å². The normalized spacial score (nSPS) is 15.3. The quantitative estimate of drug-likeness (QED) is 0.606. The van der Waals surface area contributed by atoms with Crippen LogP contribution in [0.15, 0.2) is 12.7 Å². The molecule has 0 bridgehead atoms. The van der Waals surface area contributed by atoms with E-state index in [1.165, 1.54) is 17.9 Å². The Hall–Kier alpha value is 0.0500. The van der Waals surface area contributed by atoms with Crippen LogP contribution in [-0.2, 0) is 0 Å². The van der Waals surface area contributed by atoms with E-state index < -0.39 is 0 Å². The average Bonchev–Trinajstić information content (AvgIpc) is 2.11. The van der Waals surface area contributed by atoms with E-state index in [0.29, 0.717) is 12.1 Å². The van der Waals surface area contributed by atoms with E-state index in [9.17, 15) is 0 Å². The Morgan fingerprint density at radius 1 is 1.38 bits per heavy atom. The highest BCUT2D eigenvalue weighted by atomic mass is 32.2. The van der Waals surface area contributed by atoms with Gasteiger partial charge in [0.1, 0.15) is 0 Å². The molecule has 2 heteroatoms. The summed E-state index contributed by atoms with van der Waals surface area (Å²) in [6, 6.07) is 1.25. The molecule has 0 aromatic carbocycles. The molecule has 0 saturated heterocycles. The molecule has 0 saturated carbocycles. The standard InChI is InChI=1S/C11H23NS/c1-5-7-8-10(3)12-11(4)9-13-6-2/h5,10-12H,1,6-9H2,2-4H3. The Morgan fingerprint density at radius 3 is 2.62 bits per heavy atom. The number of rotatable bonds is 8. The molecule has 0 fully saturated rings. The number of hydrogen-bond acceptors (Lipinski definition) is 2. The predicted molar refractivity (Wildman–Crippen MR) is 64.5 cm³/mol. The summed E-state index contributed by atoms with van der Waals surface area (Å²) >= 11 is 2.00. The summed E-state index contributed by atoms with van der Waals surface area (Å²) in [5.41, 5.74) is 0. The van der Waals surface area contributed by atoms with Crippen molar-refractivity contribution in [1.29, 1.82) is 0 Å². The lowest BCUT2D eigenvalue weighted by Gasteiger charge is -2.18. The molecule has 13 heavy (non-hydrogen) atoms. The number of hydrogen-bond donors (Lipinski definition) is 1. The van der Waals surface area contributed by atoms with Crippen molar-refractivity contribution in [1.82, 2.24) is 5.32 Å². The van der Waals surface area contributed by atoms with Crippen molar-refractivity contribution in [3.05, 3.63) is 12.7 Å². The molecule has 0 aromatic rings. The first-order valence-electron chi connectivity index (χ1n) is 5.15. The molecule has 0 aromatic heterocycles. The average molecular weight is 201 g/mol. The van der Waals surface area contributed by atoms with Gasteiger partial charge in [0.05, 0.1) is 0 Å². The molecule has 2 atom stereocenters. The zero-order chi connectivity index (χ0) is 10.1. The van der Waals surface area contributed by atoms with Crippen molar-refractivity contribution in [2.45, 2.75) is 45.7 Å². The maximum Gasteiger partial charge on any atom is 0.0132 e. The minimum Gasteiger partial charge on any atom is -0.311 e. The first-order valence-corrected chi connectivity index (χ1v) is 6.30. The molecule has 0 spiro atoms. The van der Waals surface area contributed by atoms with E-state index in [2.05, 4.69) is 32.7 Å². The van der Waals surface area contributed by atoms with Crippen LogP contribution < -0.4 is 5.32 Å². The van der Waals surface area contributed by atoms with Crippen molar-refractivity contribution < 1.29 is 0 Å². The highest BCUT2D eigenvalue weighted by Gasteiger charge is 2.05. The SMILES string of the molecule is C=CCCC(C)NC(C)CSCC. The van der Waals surface area contributed by atoms with Crippen LogP contribution in [0.5, 0.6) is 0 Å². The van der Waals surface area contributed by atoms with E-state index in [4.69, 9.17) is 0 Å². The van der Waals surface area contributed by atoms with Gasteiger partial charge in [-0.25, -0.2) is 0 Å². The smallest absolute Gasteiger partial charge is 0.0132 e. The molecule has 0 radical (unpaired) electrons. The first-order chi connectivity index (χ1) is 6.20. The molecule has 2 unspecified atom stereocenters. The second-order valence-electron chi connectivity index (χ2n) is 3.49. The van der Waals surface area contributed by atoms with Gasteiger partial charge in [-0.1, -0.05) is 13.0 Å². The van der Waals surface area contributed by atoms with Crippen molar-refractivity contribution in [2.24, 2.45) is 0 Å². The summed E-state index contributed by atoms with van der Waals surface area (Å²) in [4.78, 5) is 0. The predicted octanol–water partition coefficient (Wildman–Crippen LogP) is 3.07. The fraction of sp³-hybridized carbons (Fsp3) is 0.818. The van der Waals surface area contributed by atoms with Gasteiger partial charge in [0, 0.05) is 17.8 Å². The Kier molecular flexibility index (Phi) is 8.67. The Balaban J connectivity index is 3.40. The van der Waals surface area contributed by atoms with Gasteiger partial charge in [0.2, 0.25) is 0 Å². The zero-order valence-corrected chi connectivity index (χ0v) is 9.99. The van der Waals surface area contributed by atoms with Gasteiger partial charge >= 0.3 is 0 Å². The Labute approximate surface area is 87.4 Å². The van der Waals surface area contributed by atoms with E-state index in [-0.39, 0.29) is 0 Å². The van der Waals surface area contributed by atoms with Crippen molar-refractivity contribution in [2.75, 3.05) is 11.5 Å². The summed E-state index contributed by atoms with van der Waals surface area (Å²) in [6.07, 6.45) is 4.30. The van der Waals surface area contributed by atoms with Gasteiger partial charge in [-0.2, -0.15) is 11.8 Å². The van der Waals surface area contributed by atoms with Crippen molar-refractivity contribution in [3.8, 4) is 0 Å². The summed E-state index contributed by atoms with van der Waals surface area (Å²) in [7, 11) is 0. The van der Waals surface area contributed by atoms with Crippen LogP contribution in [0.1, 0.15) is 33.6 Å². The van der Waals surface area contributed by atoms with E-state index in [1.807, 2.05) is 17.8 Å². The van der Waals surface area contributed by atoms with Gasteiger partial charge in [-0.3, -0.25) is 0 Å². The maximum absolute atomic E-state index is 3.73. The van der Waals surface area contributed by atoms with Gasteiger partial charge in [-0.15, -0.1) is 6.58 Å². The van der Waals surface area contributed by atoms with E-state index in [1.54, 1.807) is 0 Å². The lowest BCUT2D eigenvalue weighted by Crippen LogP contribution is -2.35. The van der Waals surface area contributed by atoms with Gasteiger partial charge < -0.3 is 5.32 Å². The third-order valence-electron chi connectivity index (χ3n) is 1.94. The fourth-order valence-electron chi connectivity index (χ4n) is 1.28.